The van der Waals surface area contributed by atoms with E-state index in [1.165, 1.54) is 12.1 Å². The van der Waals surface area contributed by atoms with Gasteiger partial charge in [0.15, 0.2) is 5.82 Å². The van der Waals surface area contributed by atoms with Gasteiger partial charge in [0.25, 0.3) is 5.91 Å². The van der Waals surface area contributed by atoms with Gasteiger partial charge in [-0.05, 0) is 60.9 Å². The van der Waals surface area contributed by atoms with Crippen molar-refractivity contribution < 1.29 is 9.18 Å². The fraction of sp³-hybridized carbons (Fsp3) is 0.125. The normalized spacial score (nSPS) is 10.8. The maximum Gasteiger partial charge on any atom is 0.291 e. The molecule has 4 aromatic rings. The van der Waals surface area contributed by atoms with Gasteiger partial charge in [-0.3, -0.25) is 4.79 Å². The van der Waals surface area contributed by atoms with Crippen LogP contribution in [0.1, 0.15) is 27.3 Å². The molecule has 0 saturated heterocycles. The summed E-state index contributed by atoms with van der Waals surface area (Å²) in [5.41, 5.74) is 4.53. The molecular weight excluding hydrogens is 379 g/mol. The van der Waals surface area contributed by atoms with Crippen molar-refractivity contribution in [1.82, 2.24) is 20.1 Å². The third kappa shape index (κ3) is 4.12. The van der Waals surface area contributed by atoms with E-state index >= 15 is 0 Å². The number of nitrogens with zero attached hydrogens (tertiary/aromatic N) is 3. The predicted molar refractivity (Wildman–Crippen MR) is 114 cm³/mol. The molecule has 0 fully saturated rings. The fourth-order valence-corrected chi connectivity index (χ4v) is 3.17. The number of hydrogen-bond donors (Lipinski definition) is 1. The highest BCUT2D eigenvalue weighted by Gasteiger charge is 2.19. The Hall–Kier alpha value is -3.80. The van der Waals surface area contributed by atoms with Crippen molar-refractivity contribution in [3.05, 3.63) is 101 Å². The maximum absolute atomic E-state index is 13.4. The highest BCUT2D eigenvalue weighted by atomic mass is 19.1. The monoisotopic (exact) mass is 400 g/mol. The van der Waals surface area contributed by atoms with Crippen LogP contribution >= 0.6 is 0 Å². The molecule has 5 nitrogen and oxygen atoms in total. The number of aromatic nitrogens is 3. The van der Waals surface area contributed by atoms with Crippen LogP contribution in [0.4, 0.5) is 4.39 Å². The highest BCUT2D eigenvalue weighted by molar-refractivity contribution is 5.91. The molecule has 1 N–H and O–H groups in total. The quantitative estimate of drug-likeness (QED) is 0.532. The van der Waals surface area contributed by atoms with E-state index in [1.807, 2.05) is 62.4 Å². The van der Waals surface area contributed by atoms with Gasteiger partial charge in [0.2, 0.25) is 5.82 Å². The molecule has 0 aliphatic carbocycles. The first-order valence-electron chi connectivity index (χ1n) is 9.64. The van der Waals surface area contributed by atoms with E-state index in [0.29, 0.717) is 17.9 Å². The second-order valence-corrected chi connectivity index (χ2v) is 7.14. The summed E-state index contributed by atoms with van der Waals surface area (Å²) < 4.78 is 15.1. The minimum Gasteiger partial charge on any atom is -0.345 e. The zero-order valence-electron chi connectivity index (χ0n) is 16.8. The molecule has 1 amide bonds. The van der Waals surface area contributed by atoms with Crippen molar-refractivity contribution in [3.63, 3.8) is 0 Å². The smallest absolute Gasteiger partial charge is 0.291 e. The van der Waals surface area contributed by atoms with E-state index < -0.39 is 0 Å². The van der Waals surface area contributed by atoms with E-state index in [4.69, 9.17) is 0 Å². The summed E-state index contributed by atoms with van der Waals surface area (Å²) in [6.07, 6.45) is 0. The number of halogens is 1. The third-order valence-corrected chi connectivity index (χ3v) is 4.80. The largest absolute Gasteiger partial charge is 0.345 e. The third-order valence-electron chi connectivity index (χ3n) is 4.80. The molecule has 3 aromatic carbocycles. The number of carbonyl (C=O) groups excluding carboxylic acids is 1. The van der Waals surface area contributed by atoms with Crippen molar-refractivity contribution in [2.24, 2.45) is 0 Å². The van der Waals surface area contributed by atoms with Gasteiger partial charge in [-0.15, -0.1) is 5.10 Å². The van der Waals surface area contributed by atoms with E-state index in [0.717, 1.165) is 22.4 Å². The van der Waals surface area contributed by atoms with Gasteiger partial charge in [0.05, 0.1) is 5.69 Å². The maximum atomic E-state index is 13.4. The summed E-state index contributed by atoms with van der Waals surface area (Å²) in [4.78, 5) is 17.2. The van der Waals surface area contributed by atoms with Crippen LogP contribution in [0.25, 0.3) is 17.1 Å². The molecule has 0 saturated carbocycles. The number of amides is 1. The van der Waals surface area contributed by atoms with Crippen LogP contribution in [0.5, 0.6) is 0 Å². The van der Waals surface area contributed by atoms with Gasteiger partial charge in [0, 0.05) is 12.1 Å². The first kappa shape index (κ1) is 19.5. The van der Waals surface area contributed by atoms with Crippen LogP contribution in [0.15, 0.2) is 72.8 Å². The molecule has 1 heterocycles. The average Bonchev–Trinajstić information content (AvgIpc) is 3.20. The molecule has 0 bridgehead atoms. The summed E-state index contributed by atoms with van der Waals surface area (Å²) in [7, 11) is 0. The lowest BCUT2D eigenvalue weighted by molar-refractivity contribution is 0.0940. The number of aryl methyl sites for hydroxylation is 2. The zero-order chi connectivity index (χ0) is 21.1. The van der Waals surface area contributed by atoms with Crippen molar-refractivity contribution in [3.8, 4) is 17.1 Å². The second kappa shape index (κ2) is 8.29. The van der Waals surface area contributed by atoms with Crippen molar-refractivity contribution >= 4 is 5.91 Å². The average molecular weight is 400 g/mol. The Morgan fingerprint density at radius 1 is 1.00 bits per heavy atom. The lowest BCUT2D eigenvalue weighted by Crippen LogP contribution is -2.24. The summed E-state index contributed by atoms with van der Waals surface area (Å²) in [6.45, 7) is 4.34. The standard InChI is InChI=1S/C24H21FN4O/c1-16-8-9-17(2)21(14-16)29-23(19-10-12-20(25)13-11-19)27-22(28-29)24(30)26-15-18-6-4-3-5-7-18/h3-14H,15H2,1-2H3,(H,26,30). The van der Waals surface area contributed by atoms with Crippen molar-refractivity contribution in [2.45, 2.75) is 20.4 Å². The Bertz CT molecular complexity index is 1180. The molecule has 0 radical (unpaired) electrons. The summed E-state index contributed by atoms with van der Waals surface area (Å²) >= 11 is 0. The molecule has 30 heavy (non-hydrogen) atoms. The Balaban J connectivity index is 1.73. The minimum absolute atomic E-state index is 0.0613. The Labute approximate surface area is 174 Å². The fourth-order valence-electron chi connectivity index (χ4n) is 3.17. The minimum atomic E-state index is -0.369. The molecule has 0 aliphatic heterocycles. The SMILES string of the molecule is Cc1ccc(C)c(-n2nc(C(=O)NCc3ccccc3)nc2-c2ccc(F)cc2)c1. The van der Waals surface area contributed by atoms with Gasteiger partial charge in [0.1, 0.15) is 5.82 Å². The van der Waals surface area contributed by atoms with Gasteiger partial charge < -0.3 is 5.32 Å². The van der Waals surface area contributed by atoms with Gasteiger partial charge in [-0.25, -0.2) is 14.1 Å². The molecule has 4 rings (SSSR count). The van der Waals surface area contributed by atoms with Crippen LogP contribution in [-0.2, 0) is 6.54 Å². The van der Waals surface area contributed by atoms with Crippen LogP contribution in [-0.4, -0.2) is 20.7 Å². The van der Waals surface area contributed by atoms with Crippen LogP contribution in [0.2, 0.25) is 0 Å². The summed E-state index contributed by atoms with van der Waals surface area (Å²) in [6, 6.07) is 21.6. The topological polar surface area (TPSA) is 59.8 Å². The molecule has 0 aliphatic rings. The van der Waals surface area contributed by atoms with Crippen molar-refractivity contribution in [1.29, 1.82) is 0 Å². The van der Waals surface area contributed by atoms with E-state index in [1.54, 1.807) is 16.8 Å². The van der Waals surface area contributed by atoms with Crippen LogP contribution in [0.3, 0.4) is 0 Å². The first-order valence-corrected chi connectivity index (χ1v) is 9.64. The van der Waals surface area contributed by atoms with Crippen LogP contribution in [0, 0.1) is 19.7 Å². The molecular formula is C24H21FN4O. The number of nitrogens with one attached hydrogen (secondary N) is 1. The number of hydrogen-bond acceptors (Lipinski definition) is 3. The highest BCUT2D eigenvalue weighted by Crippen LogP contribution is 2.24. The molecule has 0 unspecified atom stereocenters. The van der Waals surface area contributed by atoms with E-state index in [9.17, 15) is 9.18 Å². The molecule has 1 aromatic heterocycles. The lowest BCUT2D eigenvalue weighted by atomic mass is 10.1. The van der Waals surface area contributed by atoms with Crippen molar-refractivity contribution in [2.75, 3.05) is 0 Å². The molecule has 0 spiro atoms. The lowest BCUT2D eigenvalue weighted by Gasteiger charge is -2.10. The second-order valence-electron chi connectivity index (χ2n) is 7.14. The Morgan fingerprint density at radius 2 is 1.73 bits per heavy atom. The number of rotatable bonds is 5. The molecule has 6 heteroatoms. The number of carbonyl (C=O) groups is 1. The van der Waals surface area contributed by atoms with Gasteiger partial charge in [-0.1, -0.05) is 42.5 Å². The van der Waals surface area contributed by atoms with E-state index in [-0.39, 0.29) is 17.5 Å². The number of benzene rings is 3. The Kier molecular flexibility index (Phi) is 5.39. The predicted octanol–water partition coefficient (Wildman–Crippen LogP) is 4.62. The summed E-state index contributed by atoms with van der Waals surface area (Å²) in [5, 5.41) is 7.35. The summed E-state index contributed by atoms with van der Waals surface area (Å²) in [5.74, 6) is -0.164. The van der Waals surface area contributed by atoms with E-state index in [2.05, 4.69) is 15.4 Å². The Morgan fingerprint density at radius 3 is 2.47 bits per heavy atom. The van der Waals surface area contributed by atoms with Gasteiger partial charge in [-0.2, -0.15) is 0 Å². The first-order chi connectivity index (χ1) is 14.5. The zero-order valence-corrected chi connectivity index (χ0v) is 16.8. The van der Waals surface area contributed by atoms with Crippen LogP contribution < -0.4 is 5.32 Å². The molecule has 150 valence electrons. The van der Waals surface area contributed by atoms with Gasteiger partial charge >= 0.3 is 0 Å². The molecule has 0 atom stereocenters.